The van der Waals surface area contributed by atoms with Gasteiger partial charge in [0, 0.05) is 15.3 Å². The van der Waals surface area contributed by atoms with Crippen LogP contribution in [0.2, 0.25) is 5.02 Å². The molecule has 1 atom stereocenters. The zero-order chi connectivity index (χ0) is 18.8. The fourth-order valence-corrected chi connectivity index (χ4v) is 4.68. The summed E-state index contributed by atoms with van der Waals surface area (Å²) in [5.41, 5.74) is 1.71. The van der Waals surface area contributed by atoms with Gasteiger partial charge in [-0.15, -0.1) is 11.3 Å². The number of aryl methyl sites for hydroxylation is 2. The number of ether oxygens (including phenoxy) is 1. The fraction of sp³-hybridized carbons (Fsp3) is 0.278. The number of amides is 1. The average Bonchev–Trinajstić information content (AvgIpc) is 2.90. The molecule has 0 radical (unpaired) electrons. The number of aromatic nitrogens is 2. The standard InChI is InChI=1S/C18H18ClN3O2S2/c1-9-10(2)25-17-15(9)18(21-8-20-17)26-11(3)16(23)22-13-7-12(19)5-6-14(13)24-4/h5-8,11H,1-4H3,(H,22,23)/t11-/m1/s1. The molecule has 0 aliphatic carbocycles. The minimum absolute atomic E-state index is 0.146. The molecule has 5 nitrogen and oxygen atoms in total. The van der Waals surface area contributed by atoms with E-state index in [0.717, 1.165) is 20.8 Å². The number of nitrogens with zero attached hydrogens (tertiary/aromatic N) is 2. The van der Waals surface area contributed by atoms with E-state index in [2.05, 4.69) is 29.1 Å². The van der Waals surface area contributed by atoms with Gasteiger partial charge in [-0.25, -0.2) is 9.97 Å². The molecule has 0 bridgehead atoms. The Morgan fingerprint density at radius 2 is 2.12 bits per heavy atom. The number of methoxy groups -OCH3 is 1. The molecule has 2 heterocycles. The van der Waals surface area contributed by atoms with Gasteiger partial charge in [0.1, 0.15) is 21.9 Å². The van der Waals surface area contributed by atoms with E-state index >= 15 is 0 Å². The normalized spacial score (nSPS) is 12.2. The van der Waals surface area contributed by atoms with E-state index in [1.54, 1.807) is 43.0 Å². The van der Waals surface area contributed by atoms with Gasteiger partial charge < -0.3 is 10.1 Å². The molecule has 0 aliphatic rings. The third kappa shape index (κ3) is 3.79. The van der Waals surface area contributed by atoms with E-state index in [4.69, 9.17) is 16.3 Å². The van der Waals surface area contributed by atoms with Crippen LogP contribution < -0.4 is 10.1 Å². The summed E-state index contributed by atoms with van der Waals surface area (Å²) < 4.78 is 5.28. The Hall–Kier alpha value is -1.83. The molecule has 0 saturated carbocycles. The van der Waals surface area contributed by atoms with E-state index < -0.39 is 0 Å². The number of hydrogen-bond donors (Lipinski definition) is 1. The van der Waals surface area contributed by atoms with Crippen LogP contribution in [0.3, 0.4) is 0 Å². The van der Waals surface area contributed by atoms with Crippen LogP contribution in [0.4, 0.5) is 5.69 Å². The maximum Gasteiger partial charge on any atom is 0.237 e. The van der Waals surface area contributed by atoms with Crippen LogP contribution in [0, 0.1) is 13.8 Å². The summed E-state index contributed by atoms with van der Waals surface area (Å²) in [5.74, 6) is 0.417. The molecule has 0 spiro atoms. The van der Waals surface area contributed by atoms with Crippen LogP contribution in [-0.2, 0) is 4.79 Å². The molecular formula is C18H18ClN3O2S2. The van der Waals surface area contributed by atoms with Crippen molar-refractivity contribution in [2.75, 3.05) is 12.4 Å². The van der Waals surface area contributed by atoms with Gasteiger partial charge in [0.25, 0.3) is 0 Å². The Balaban J connectivity index is 1.81. The van der Waals surface area contributed by atoms with Gasteiger partial charge in [0.15, 0.2) is 0 Å². The molecule has 136 valence electrons. The Bertz CT molecular complexity index is 974. The number of thiophene rings is 1. The second-order valence-electron chi connectivity index (χ2n) is 5.74. The summed E-state index contributed by atoms with van der Waals surface area (Å²) in [6, 6.07) is 5.11. The Morgan fingerprint density at radius 3 is 2.85 bits per heavy atom. The van der Waals surface area contributed by atoms with Gasteiger partial charge in [-0.2, -0.15) is 0 Å². The number of fused-ring (bicyclic) bond motifs is 1. The van der Waals surface area contributed by atoms with Gasteiger partial charge in [-0.3, -0.25) is 4.79 Å². The van der Waals surface area contributed by atoms with Crippen molar-refractivity contribution in [3.05, 3.63) is 40.0 Å². The molecule has 2 aromatic heterocycles. The lowest BCUT2D eigenvalue weighted by molar-refractivity contribution is -0.115. The predicted octanol–water partition coefficient (Wildman–Crippen LogP) is 5.09. The number of carbonyl (C=O) groups excluding carboxylic acids is 1. The smallest absolute Gasteiger partial charge is 0.237 e. The monoisotopic (exact) mass is 407 g/mol. The van der Waals surface area contributed by atoms with Crippen LogP contribution in [-0.4, -0.2) is 28.2 Å². The lowest BCUT2D eigenvalue weighted by Gasteiger charge is -2.14. The van der Waals surface area contributed by atoms with E-state index in [-0.39, 0.29) is 11.2 Å². The minimum atomic E-state index is -0.351. The second kappa shape index (κ2) is 7.82. The molecule has 3 aromatic rings. The first-order valence-corrected chi connectivity index (χ1v) is 10.00. The summed E-state index contributed by atoms with van der Waals surface area (Å²) in [5, 5.41) is 4.91. The molecule has 0 aliphatic heterocycles. The highest BCUT2D eigenvalue weighted by atomic mass is 35.5. The van der Waals surface area contributed by atoms with E-state index in [1.165, 1.54) is 16.6 Å². The van der Waals surface area contributed by atoms with Crippen molar-refractivity contribution in [2.45, 2.75) is 31.0 Å². The first-order valence-electron chi connectivity index (χ1n) is 7.92. The number of hydrogen-bond acceptors (Lipinski definition) is 6. The predicted molar refractivity (Wildman–Crippen MR) is 109 cm³/mol. The van der Waals surface area contributed by atoms with Gasteiger partial charge in [0.05, 0.1) is 18.0 Å². The summed E-state index contributed by atoms with van der Waals surface area (Å²) in [4.78, 5) is 23.5. The van der Waals surface area contributed by atoms with Gasteiger partial charge in [0.2, 0.25) is 5.91 Å². The Kier molecular flexibility index (Phi) is 5.70. The zero-order valence-corrected chi connectivity index (χ0v) is 17.2. The first kappa shape index (κ1) is 18.9. The van der Waals surface area contributed by atoms with Gasteiger partial charge in [-0.05, 0) is 44.5 Å². The number of carbonyl (C=O) groups is 1. The number of benzene rings is 1. The SMILES string of the molecule is COc1ccc(Cl)cc1NC(=O)[C@@H](C)Sc1ncnc2sc(C)c(C)c12. The van der Waals surface area contributed by atoms with Crippen molar-refractivity contribution in [3.63, 3.8) is 0 Å². The third-order valence-electron chi connectivity index (χ3n) is 4.01. The van der Waals surface area contributed by atoms with Crippen molar-refractivity contribution in [2.24, 2.45) is 0 Å². The Morgan fingerprint density at radius 1 is 1.35 bits per heavy atom. The lowest BCUT2D eigenvalue weighted by Crippen LogP contribution is -2.22. The largest absolute Gasteiger partial charge is 0.495 e. The van der Waals surface area contributed by atoms with E-state index in [1.807, 2.05) is 6.92 Å². The van der Waals surface area contributed by atoms with Crippen molar-refractivity contribution >= 4 is 56.5 Å². The van der Waals surface area contributed by atoms with Crippen LogP contribution in [0.15, 0.2) is 29.6 Å². The van der Waals surface area contributed by atoms with Crippen LogP contribution in [0.5, 0.6) is 5.75 Å². The van der Waals surface area contributed by atoms with Crippen molar-refractivity contribution in [3.8, 4) is 5.75 Å². The summed E-state index contributed by atoms with van der Waals surface area (Å²) in [6.45, 7) is 5.97. The molecule has 1 aromatic carbocycles. The second-order valence-corrected chi connectivity index (χ2v) is 8.71. The van der Waals surface area contributed by atoms with Gasteiger partial charge in [-0.1, -0.05) is 23.4 Å². The Labute approximate surface area is 165 Å². The van der Waals surface area contributed by atoms with Crippen LogP contribution in [0.25, 0.3) is 10.2 Å². The molecule has 1 amide bonds. The topological polar surface area (TPSA) is 64.1 Å². The van der Waals surface area contributed by atoms with Crippen LogP contribution >= 0.6 is 34.7 Å². The number of nitrogens with one attached hydrogen (secondary N) is 1. The summed E-state index contributed by atoms with van der Waals surface area (Å²) in [6.07, 6.45) is 1.55. The number of thioether (sulfide) groups is 1. The molecule has 1 N–H and O–H groups in total. The molecule has 0 saturated heterocycles. The molecular weight excluding hydrogens is 390 g/mol. The van der Waals surface area contributed by atoms with E-state index in [0.29, 0.717) is 16.5 Å². The zero-order valence-electron chi connectivity index (χ0n) is 14.8. The highest BCUT2D eigenvalue weighted by Gasteiger charge is 2.20. The highest BCUT2D eigenvalue weighted by Crippen LogP contribution is 2.36. The van der Waals surface area contributed by atoms with E-state index in [9.17, 15) is 4.79 Å². The van der Waals surface area contributed by atoms with Crippen molar-refractivity contribution < 1.29 is 9.53 Å². The van der Waals surface area contributed by atoms with Crippen molar-refractivity contribution in [1.82, 2.24) is 9.97 Å². The van der Waals surface area contributed by atoms with Crippen LogP contribution in [0.1, 0.15) is 17.4 Å². The average molecular weight is 408 g/mol. The highest BCUT2D eigenvalue weighted by molar-refractivity contribution is 8.00. The number of anilines is 1. The summed E-state index contributed by atoms with van der Waals surface area (Å²) >= 11 is 9.08. The molecule has 3 rings (SSSR count). The quantitative estimate of drug-likeness (QED) is 0.471. The molecule has 8 heteroatoms. The summed E-state index contributed by atoms with van der Waals surface area (Å²) in [7, 11) is 1.55. The third-order valence-corrected chi connectivity index (χ3v) is 6.46. The molecule has 26 heavy (non-hydrogen) atoms. The number of rotatable bonds is 5. The number of halogens is 1. The first-order chi connectivity index (χ1) is 12.4. The fourth-order valence-electron chi connectivity index (χ4n) is 2.47. The molecule has 0 fully saturated rings. The van der Waals surface area contributed by atoms with Gasteiger partial charge >= 0.3 is 0 Å². The lowest BCUT2D eigenvalue weighted by atomic mass is 10.2. The van der Waals surface area contributed by atoms with Crippen molar-refractivity contribution in [1.29, 1.82) is 0 Å². The molecule has 0 unspecified atom stereocenters. The maximum absolute atomic E-state index is 12.7. The minimum Gasteiger partial charge on any atom is -0.495 e. The maximum atomic E-state index is 12.7.